The van der Waals surface area contributed by atoms with E-state index in [-0.39, 0.29) is 17.5 Å². The molecule has 7 heteroatoms. The van der Waals surface area contributed by atoms with E-state index >= 15 is 0 Å². The maximum Gasteiger partial charge on any atom is 0.258 e. The van der Waals surface area contributed by atoms with E-state index in [1.165, 1.54) is 0 Å². The highest BCUT2D eigenvalue weighted by Crippen LogP contribution is 2.19. The van der Waals surface area contributed by atoms with E-state index in [0.29, 0.717) is 24.3 Å². The second-order valence-corrected chi connectivity index (χ2v) is 7.72. The highest BCUT2D eigenvalue weighted by molar-refractivity contribution is 5.78. The number of aromatic nitrogens is 2. The Balaban J connectivity index is 1.30. The summed E-state index contributed by atoms with van der Waals surface area (Å²) in [5.74, 6) is 0.730. The van der Waals surface area contributed by atoms with Gasteiger partial charge in [0.15, 0.2) is 0 Å². The Morgan fingerprint density at radius 1 is 1.07 bits per heavy atom. The van der Waals surface area contributed by atoms with Gasteiger partial charge in [-0.05, 0) is 24.6 Å². The Hall–Kier alpha value is -3.03. The Labute approximate surface area is 175 Å². The van der Waals surface area contributed by atoms with Crippen molar-refractivity contribution in [2.24, 2.45) is 0 Å². The summed E-state index contributed by atoms with van der Waals surface area (Å²) in [7, 11) is 0. The van der Waals surface area contributed by atoms with Crippen LogP contribution in [0, 0.1) is 0 Å². The Kier molecular flexibility index (Phi) is 6.21. The van der Waals surface area contributed by atoms with Gasteiger partial charge in [0, 0.05) is 32.7 Å². The van der Waals surface area contributed by atoms with Gasteiger partial charge >= 0.3 is 0 Å². The number of benzene rings is 2. The maximum absolute atomic E-state index is 12.4. The zero-order valence-electron chi connectivity index (χ0n) is 17.2. The number of hydrogen-bond acceptors (Lipinski definition) is 5. The first-order valence-corrected chi connectivity index (χ1v) is 10.4. The van der Waals surface area contributed by atoms with Crippen LogP contribution in [0.25, 0.3) is 10.9 Å². The summed E-state index contributed by atoms with van der Waals surface area (Å²) in [5, 5.41) is 3.60. The lowest BCUT2D eigenvalue weighted by Crippen LogP contribution is -2.50. The molecule has 1 aliphatic rings. The average Bonchev–Trinajstić information content (AvgIpc) is 2.78. The van der Waals surface area contributed by atoms with Gasteiger partial charge < -0.3 is 10.3 Å². The molecule has 1 fully saturated rings. The fraction of sp³-hybridized carbons (Fsp3) is 0.348. The third kappa shape index (κ3) is 4.75. The van der Waals surface area contributed by atoms with Crippen molar-refractivity contribution in [2.75, 3.05) is 32.7 Å². The van der Waals surface area contributed by atoms with Gasteiger partial charge in [-0.2, -0.15) is 0 Å². The number of piperazine rings is 1. The van der Waals surface area contributed by atoms with E-state index in [9.17, 15) is 9.59 Å². The number of carbonyl (C=O) groups is 1. The number of hydrogen-bond donors (Lipinski definition) is 2. The zero-order chi connectivity index (χ0) is 20.9. The molecule has 1 saturated heterocycles. The SMILES string of the molecule is CC(c1nc2ccccc2c(=O)[nH]1)N1CCN(CC(=O)NCc2ccccc2)CC1. The first-order valence-electron chi connectivity index (χ1n) is 10.4. The van der Waals surface area contributed by atoms with Crippen molar-refractivity contribution >= 4 is 16.8 Å². The number of nitrogens with zero attached hydrogens (tertiary/aromatic N) is 3. The Bertz CT molecular complexity index is 1060. The molecule has 1 aliphatic heterocycles. The number of rotatable bonds is 6. The molecule has 30 heavy (non-hydrogen) atoms. The van der Waals surface area contributed by atoms with Crippen LogP contribution in [0.5, 0.6) is 0 Å². The second-order valence-electron chi connectivity index (χ2n) is 7.72. The first kappa shape index (κ1) is 20.3. The minimum absolute atomic E-state index is 0.0105. The molecule has 2 aromatic carbocycles. The summed E-state index contributed by atoms with van der Waals surface area (Å²) >= 11 is 0. The lowest BCUT2D eigenvalue weighted by Gasteiger charge is -2.37. The molecular formula is C23H27N5O2. The number of fused-ring (bicyclic) bond motifs is 1. The number of aromatic amines is 1. The van der Waals surface area contributed by atoms with Gasteiger partial charge in [-0.3, -0.25) is 19.4 Å². The van der Waals surface area contributed by atoms with Gasteiger partial charge in [0.05, 0.1) is 23.5 Å². The number of carbonyl (C=O) groups excluding carboxylic acids is 1. The summed E-state index contributed by atoms with van der Waals surface area (Å²) < 4.78 is 0. The third-order valence-corrected chi connectivity index (χ3v) is 5.68. The van der Waals surface area contributed by atoms with E-state index in [1.54, 1.807) is 6.07 Å². The molecule has 2 heterocycles. The molecule has 0 spiro atoms. The van der Waals surface area contributed by atoms with Crippen molar-refractivity contribution in [3.8, 4) is 0 Å². The lowest BCUT2D eigenvalue weighted by atomic mass is 10.2. The summed E-state index contributed by atoms with van der Waals surface area (Å²) in [5.41, 5.74) is 1.72. The minimum Gasteiger partial charge on any atom is -0.351 e. The van der Waals surface area contributed by atoms with Crippen LogP contribution in [0.2, 0.25) is 0 Å². The van der Waals surface area contributed by atoms with Crippen LogP contribution in [0.4, 0.5) is 0 Å². The highest BCUT2D eigenvalue weighted by Gasteiger charge is 2.24. The van der Waals surface area contributed by atoms with Crippen molar-refractivity contribution in [2.45, 2.75) is 19.5 Å². The van der Waals surface area contributed by atoms with E-state index in [0.717, 1.165) is 37.3 Å². The molecule has 2 N–H and O–H groups in total. The van der Waals surface area contributed by atoms with Gasteiger partial charge in [-0.1, -0.05) is 42.5 Å². The predicted octanol–water partition coefficient (Wildman–Crippen LogP) is 1.92. The molecule has 0 bridgehead atoms. The van der Waals surface area contributed by atoms with Crippen LogP contribution in [-0.4, -0.2) is 58.4 Å². The van der Waals surface area contributed by atoms with Crippen molar-refractivity contribution in [3.63, 3.8) is 0 Å². The number of para-hydroxylation sites is 1. The van der Waals surface area contributed by atoms with Crippen molar-refractivity contribution < 1.29 is 4.79 Å². The van der Waals surface area contributed by atoms with Gasteiger partial charge in [0.25, 0.3) is 5.56 Å². The molecule has 4 rings (SSSR count). The topological polar surface area (TPSA) is 81.3 Å². The largest absolute Gasteiger partial charge is 0.351 e. The van der Waals surface area contributed by atoms with Crippen LogP contribution < -0.4 is 10.9 Å². The summed E-state index contributed by atoms with van der Waals surface area (Å²) in [6.45, 7) is 6.28. The summed E-state index contributed by atoms with van der Waals surface area (Å²) in [4.78, 5) is 36.7. The molecule has 0 aliphatic carbocycles. The lowest BCUT2D eigenvalue weighted by molar-refractivity contribution is -0.122. The molecule has 0 saturated carbocycles. The number of nitrogens with one attached hydrogen (secondary N) is 2. The molecule has 3 aromatic rings. The van der Waals surface area contributed by atoms with Crippen LogP contribution in [-0.2, 0) is 11.3 Å². The van der Waals surface area contributed by atoms with Gasteiger partial charge in [0.2, 0.25) is 5.91 Å². The standard InChI is InChI=1S/C23H27N5O2/c1-17(22-25-20-10-6-5-9-19(20)23(30)26-22)28-13-11-27(12-14-28)16-21(29)24-15-18-7-3-2-4-8-18/h2-10,17H,11-16H2,1H3,(H,24,29)(H,25,26,30). The molecule has 1 amide bonds. The van der Waals surface area contributed by atoms with Crippen LogP contribution in [0.1, 0.15) is 24.4 Å². The second kappa shape index (κ2) is 9.19. The molecule has 7 nitrogen and oxygen atoms in total. The maximum atomic E-state index is 12.4. The van der Waals surface area contributed by atoms with Crippen molar-refractivity contribution in [1.29, 1.82) is 0 Å². The fourth-order valence-corrected chi connectivity index (χ4v) is 3.84. The van der Waals surface area contributed by atoms with E-state index in [1.807, 2.05) is 48.5 Å². The summed E-state index contributed by atoms with van der Waals surface area (Å²) in [6, 6.07) is 17.3. The normalized spacial score (nSPS) is 16.4. The average molecular weight is 406 g/mol. The Morgan fingerprint density at radius 2 is 1.77 bits per heavy atom. The van der Waals surface area contributed by atoms with Gasteiger partial charge in [-0.15, -0.1) is 0 Å². The van der Waals surface area contributed by atoms with Crippen LogP contribution in [0.15, 0.2) is 59.4 Å². The molecular weight excluding hydrogens is 378 g/mol. The smallest absolute Gasteiger partial charge is 0.258 e. The monoisotopic (exact) mass is 405 g/mol. The van der Waals surface area contributed by atoms with Crippen LogP contribution in [0.3, 0.4) is 0 Å². The van der Waals surface area contributed by atoms with Crippen molar-refractivity contribution in [3.05, 3.63) is 76.3 Å². The van der Waals surface area contributed by atoms with Crippen LogP contribution >= 0.6 is 0 Å². The molecule has 1 atom stereocenters. The fourth-order valence-electron chi connectivity index (χ4n) is 3.84. The van der Waals surface area contributed by atoms with Gasteiger partial charge in [0.1, 0.15) is 5.82 Å². The molecule has 0 radical (unpaired) electrons. The quantitative estimate of drug-likeness (QED) is 0.655. The van der Waals surface area contributed by atoms with Crippen molar-refractivity contribution in [1.82, 2.24) is 25.1 Å². The Morgan fingerprint density at radius 3 is 2.53 bits per heavy atom. The minimum atomic E-state index is -0.101. The predicted molar refractivity (Wildman–Crippen MR) is 117 cm³/mol. The zero-order valence-corrected chi connectivity index (χ0v) is 17.2. The van der Waals surface area contributed by atoms with E-state index in [4.69, 9.17) is 0 Å². The van der Waals surface area contributed by atoms with Gasteiger partial charge in [-0.25, -0.2) is 4.98 Å². The third-order valence-electron chi connectivity index (χ3n) is 5.68. The molecule has 156 valence electrons. The molecule has 1 aromatic heterocycles. The number of amides is 1. The molecule has 1 unspecified atom stereocenters. The highest BCUT2D eigenvalue weighted by atomic mass is 16.2. The first-order chi connectivity index (χ1) is 14.6. The number of H-pyrrole nitrogens is 1. The van der Waals surface area contributed by atoms with E-state index < -0.39 is 0 Å². The summed E-state index contributed by atoms with van der Waals surface area (Å²) in [6.07, 6.45) is 0. The van der Waals surface area contributed by atoms with E-state index in [2.05, 4.69) is 32.0 Å².